The van der Waals surface area contributed by atoms with E-state index in [0.717, 1.165) is 43.5 Å². The van der Waals surface area contributed by atoms with Crippen LogP contribution in [0.5, 0.6) is 0 Å². The minimum atomic E-state index is -0.595. The zero-order chi connectivity index (χ0) is 17.8. The number of nitrogens with zero attached hydrogens (tertiary/aromatic N) is 2. The SMILES string of the molecule is CC(C)C(O)CC(=O)Nc1cccc(N2CCN(CC3CC3)CC2)c1. The molecule has 1 heterocycles. The van der Waals surface area contributed by atoms with E-state index in [1.807, 2.05) is 32.0 Å². The molecule has 3 rings (SSSR count). The quantitative estimate of drug-likeness (QED) is 0.797. The molecule has 1 aromatic rings. The van der Waals surface area contributed by atoms with Crippen LogP contribution in [0.1, 0.15) is 33.1 Å². The van der Waals surface area contributed by atoms with Gasteiger partial charge in [0, 0.05) is 44.1 Å². The summed E-state index contributed by atoms with van der Waals surface area (Å²) in [6, 6.07) is 8.04. The van der Waals surface area contributed by atoms with Gasteiger partial charge in [0.15, 0.2) is 0 Å². The topological polar surface area (TPSA) is 55.8 Å². The summed E-state index contributed by atoms with van der Waals surface area (Å²) in [6.45, 7) is 9.42. The van der Waals surface area contributed by atoms with Crippen LogP contribution < -0.4 is 10.2 Å². The Morgan fingerprint density at radius 2 is 1.96 bits per heavy atom. The highest BCUT2D eigenvalue weighted by Crippen LogP contribution is 2.30. The molecular formula is C20H31N3O2. The summed E-state index contributed by atoms with van der Waals surface area (Å²) in [5.41, 5.74) is 1.96. The van der Waals surface area contributed by atoms with Gasteiger partial charge in [0.25, 0.3) is 0 Å². The van der Waals surface area contributed by atoms with Gasteiger partial charge in [-0.2, -0.15) is 0 Å². The average molecular weight is 345 g/mol. The normalized spacial score (nSPS) is 19.9. The number of hydrogen-bond acceptors (Lipinski definition) is 4. The number of piperazine rings is 1. The number of carbonyl (C=O) groups excluding carboxylic acids is 1. The predicted molar refractivity (Wildman–Crippen MR) is 102 cm³/mol. The molecule has 0 aromatic heterocycles. The van der Waals surface area contributed by atoms with Crippen molar-refractivity contribution in [2.75, 3.05) is 42.9 Å². The number of aliphatic hydroxyl groups is 1. The number of hydrogen-bond donors (Lipinski definition) is 2. The van der Waals surface area contributed by atoms with Gasteiger partial charge >= 0.3 is 0 Å². The van der Waals surface area contributed by atoms with Crippen LogP contribution in [0, 0.1) is 11.8 Å². The van der Waals surface area contributed by atoms with Gasteiger partial charge in [-0.15, -0.1) is 0 Å². The van der Waals surface area contributed by atoms with Crippen LogP contribution in [0.2, 0.25) is 0 Å². The van der Waals surface area contributed by atoms with Crippen molar-refractivity contribution in [2.45, 2.75) is 39.2 Å². The Bertz CT molecular complexity index is 578. The number of anilines is 2. The van der Waals surface area contributed by atoms with Gasteiger partial charge in [-0.3, -0.25) is 9.69 Å². The first kappa shape index (κ1) is 18.2. The number of carbonyl (C=O) groups is 1. The zero-order valence-electron chi connectivity index (χ0n) is 15.4. The molecule has 1 saturated carbocycles. The summed E-state index contributed by atoms with van der Waals surface area (Å²) in [6.07, 6.45) is 2.37. The van der Waals surface area contributed by atoms with E-state index < -0.39 is 6.10 Å². The molecule has 1 aromatic carbocycles. The van der Waals surface area contributed by atoms with Crippen LogP contribution in [0.25, 0.3) is 0 Å². The molecule has 1 amide bonds. The fourth-order valence-electron chi connectivity index (χ4n) is 3.27. The number of amides is 1. The number of benzene rings is 1. The number of nitrogens with one attached hydrogen (secondary N) is 1. The largest absolute Gasteiger partial charge is 0.392 e. The van der Waals surface area contributed by atoms with Gasteiger partial charge in [0.1, 0.15) is 0 Å². The second-order valence-electron chi connectivity index (χ2n) is 7.85. The van der Waals surface area contributed by atoms with Gasteiger partial charge in [-0.1, -0.05) is 19.9 Å². The minimum Gasteiger partial charge on any atom is -0.392 e. The highest BCUT2D eigenvalue weighted by molar-refractivity contribution is 5.91. The minimum absolute atomic E-state index is 0.0871. The Morgan fingerprint density at radius 3 is 2.60 bits per heavy atom. The van der Waals surface area contributed by atoms with E-state index in [-0.39, 0.29) is 18.2 Å². The van der Waals surface area contributed by atoms with Crippen LogP contribution in [0.15, 0.2) is 24.3 Å². The molecule has 2 N–H and O–H groups in total. The zero-order valence-corrected chi connectivity index (χ0v) is 15.4. The van der Waals surface area contributed by atoms with Crippen molar-refractivity contribution >= 4 is 17.3 Å². The van der Waals surface area contributed by atoms with Crippen LogP contribution in [0.4, 0.5) is 11.4 Å². The summed E-state index contributed by atoms with van der Waals surface area (Å²) in [4.78, 5) is 17.0. The first-order valence-electron chi connectivity index (χ1n) is 9.56. The van der Waals surface area contributed by atoms with Crippen molar-refractivity contribution in [3.8, 4) is 0 Å². The molecule has 1 aliphatic carbocycles. The Kier molecular flexibility index (Phi) is 5.97. The van der Waals surface area contributed by atoms with Gasteiger partial charge in [-0.25, -0.2) is 0 Å². The first-order valence-corrected chi connectivity index (χ1v) is 9.56. The molecule has 25 heavy (non-hydrogen) atoms. The third kappa shape index (κ3) is 5.44. The maximum Gasteiger partial charge on any atom is 0.226 e. The van der Waals surface area contributed by atoms with Crippen molar-refractivity contribution in [1.29, 1.82) is 0 Å². The molecule has 0 bridgehead atoms. The molecule has 0 spiro atoms. The summed E-state index contributed by atoms with van der Waals surface area (Å²) in [5, 5.41) is 12.8. The molecule has 1 atom stereocenters. The van der Waals surface area contributed by atoms with Crippen molar-refractivity contribution in [1.82, 2.24) is 4.90 Å². The Labute approximate surface area is 151 Å². The van der Waals surface area contributed by atoms with Crippen molar-refractivity contribution in [3.05, 3.63) is 24.3 Å². The van der Waals surface area contributed by atoms with Crippen LogP contribution in [-0.2, 0) is 4.79 Å². The van der Waals surface area contributed by atoms with Gasteiger partial charge in [-0.05, 0) is 42.9 Å². The monoisotopic (exact) mass is 345 g/mol. The Morgan fingerprint density at radius 1 is 1.24 bits per heavy atom. The van der Waals surface area contributed by atoms with Crippen LogP contribution >= 0.6 is 0 Å². The van der Waals surface area contributed by atoms with E-state index in [4.69, 9.17) is 0 Å². The molecule has 5 heteroatoms. The third-order valence-corrected chi connectivity index (χ3v) is 5.24. The predicted octanol–water partition coefficient (Wildman–Crippen LogP) is 2.56. The summed E-state index contributed by atoms with van der Waals surface area (Å²) >= 11 is 0. The standard InChI is InChI=1S/C20H31N3O2/c1-15(2)19(24)13-20(25)21-17-4-3-5-18(12-17)23-10-8-22(9-11-23)14-16-6-7-16/h3-5,12,15-16,19,24H,6-11,13-14H2,1-2H3,(H,21,25). The lowest BCUT2D eigenvalue weighted by molar-refractivity contribution is -0.118. The molecule has 1 unspecified atom stereocenters. The summed E-state index contributed by atoms with van der Waals surface area (Å²) in [5.74, 6) is 0.905. The molecule has 2 aliphatic rings. The first-order chi connectivity index (χ1) is 12.0. The van der Waals surface area contributed by atoms with Crippen molar-refractivity contribution in [3.63, 3.8) is 0 Å². The number of rotatable bonds is 7. The highest BCUT2D eigenvalue weighted by atomic mass is 16.3. The maximum absolute atomic E-state index is 12.1. The average Bonchev–Trinajstić information content (AvgIpc) is 3.39. The van der Waals surface area contributed by atoms with Gasteiger partial charge < -0.3 is 15.3 Å². The molecule has 0 radical (unpaired) electrons. The molecule has 1 saturated heterocycles. The van der Waals surface area contributed by atoms with E-state index >= 15 is 0 Å². The van der Waals surface area contributed by atoms with E-state index in [2.05, 4.69) is 21.2 Å². The lowest BCUT2D eigenvalue weighted by Gasteiger charge is -2.36. The smallest absolute Gasteiger partial charge is 0.226 e. The Balaban J connectivity index is 1.51. The lowest BCUT2D eigenvalue weighted by atomic mass is 10.0. The highest BCUT2D eigenvalue weighted by Gasteiger charge is 2.26. The van der Waals surface area contributed by atoms with Gasteiger partial charge in [0.05, 0.1) is 12.5 Å². The second-order valence-corrected chi connectivity index (χ2v) is 7.85. The van der Waals surface area contributed by atoms with E-state index in [1.165, 1.54) is 19.4 Å². The third-order valence-electron chi connectivity index (χ3n) is 5.24. The van der Waals surface area contributed by atoms with Crippen LogP contribution in [0.3, 0.4) is 0 Å². The van der Waals surface area contributed by atoms with E-state index in [9.17, 15) is 9.90 Å². The van der Waals surface area contributed by atoms with Crippen LogP contribution in [-0.4, -0.2) is 54.7 Å². The Hall–Kier alpha value is -1.59. The fourth-order valence-corrected chi connectivity index (χ4v) is 3.27. The summed E-state index contributed by atoms with van der Waals surface area (Å²) < 4.78 is 0. The molecule has 1 aliphatic heterocycles. The van der Waals surface area contributed by atoms with Gasteiger partial charge in [0.2, 0.25) is 5.91 Å². The molecule has 2 fully saturated rings. The van der Waals surface area contributed by atoms with E-state index in [0.29, 0.717) is 0 Å². The summed E-state index contributed by atoms with van der Waals surface area (Å²) in [7, 11) is 0. The molecule has 138 valence electrons. The molecule has 5 nitrogen and oxygen atoms in total. The lowest BCUT2D eigenvalue weighted by Crippen LogP contribution is -2.47. The molecular weight excluding hydrogens is 314 g/mol. The second kappa shape index (κ2) is 8.19. The van der Waals surface area contributed by atoms with E-state index in [1.54, 1.807) is 0 Å². The van der Waals surface area contributed by atoms with Crippen molar-refractivity contribution < 1.29 is 9.90 Å². The number of aliphatic hydroxyl groups excluding tert-OH is 1. The van der Waals surface area contributed by atoms with Crippen molar-refractivity contribution in [2.24, 2.45) is 11.8 Å². The maximum atomic E-state index is 12.1. The fraction of sp³-hybridized carbons (Fsp3) is 0.650.